The first-order valence-electron chi connectivity index (χ1n) is 8.26. The number of carbonyl (C=O) groups is 2. The van der Waals surface area contributed by atoms with E-state index < -0.39 is 24.0 Å². The lowest BCUT2D eigenvalue weighted by atomic mass is 10.0. The maximum absolute atomic E-state index is 12.8. The third-order valence-electron chi connectivity index (χ3n) is 4.05. The van der Waals surface area contributed by atoms with Gasteiger partial charge in [-0.3, -0.25) is 9.69 Å². The van der Waals surface area contributed by atoms with Crippen molar-refractivity contribution in [3.05, 3.63) is 23.3 Å². The molecule has 1 fully saturated rings. The van der Waals surface area contributed by atoms with Gasteiger partial charge in [0.2, 0.25) is 5.91 Å². The molecule has 0 radical (unpaired) electrons. The summed E-state index contributed by atoms with van der Waals surface area (Å²) in [6.07, 6.45) is -2.95. The molecule has 0 aliphatic carbocycles. The Bertz CT molecular complexity index is 667. The Morgan fingerprint density at radius 2 is 2.08 bits per heavy atom. The molecule has 1 atom stereocenters. The molecular weight excluding hydrogens is 353 g/mol. The molecule has 144 valence electrons. The highest BCUT2D eigenvalue weighted by Crippen LogP contribution is 2.27. The fourth-order valence-corrected chi connectivity index (χ4v) is 2.84. The normalized spacial score (nSPS) is 17.7. The second-order valence-corrected chi connectivity index (χ2v) is 6.02. The summed E-state index contributed by atoms with van der Waals surface area (Å²) in [5.74, 6) is -0.357. The average Bonchev–Trinajstić information content (AvgIpc) is 2.59. The van der Waals surface area contributed by atoms with Crippen LogP contribution in [0.5, 0.6) is 0 Å². The molecule has 7 nitrogen and oxygen atoms in total. The van der Waals surface area contributed by atoms with Crippen LogP contribution in [-0.4, -0.2) is 53.1 Å². The number of aryl methyl sites for hydroxylation is 1. The van der Waals surface area contributed by atoms with Crippen LogP contribution < -0.4 is 5.32 Å². The first kappa shape index (κ1) is 19.9. The van der Waals surface area contributed by atoms with Gasteiger partial charge in [0.25, 0.3) is 0 Å². The predicted octanol–water partition coefficient (Wildman–Crippen LogP) is 2.08. The van der Waals surface area contributed by atoms with E-state index >= 15 is 0 Å². The smallest absolute Gasteiger partial charge is 0.433 e. The minimum absolute atomic E-state index is 0.00564. The minimum atomic E-state index is -4.55. The molecular formula is C16H21F3N4O3. The molecule has 2 heterocycles. The number of rotatable bonds is 4. The number of aromatic nitrogens is 2. The SMILES string of the molecule is COC(=O)N1CCCCC1C(=O)NCCc1nc(C)cc(C(F)(F)F)n1. The molecule has 26 heavy (non-hydrogen) atoms. The molecule has 0 saturated carbocycles. The quantitative estimate of drug-likeness (QED) is 0.872. The van der Waals surface area contributed by atoms with Crippen LogP contribution in [0.15, 0.2) is 6.07 Å². The van der Waals surface area contributed by atoms with Crippen molar-refractivity contribution in [3.8, 4) is 0 Å². The minimum Gasteiger partial charge on any atom is -0.453 e. The number of nitrogens with zero attached hydrogens (tertiary/aromatic N) is 3. The topological polar surface area (TPSA) is 84.4 Å². The number of amides is 2. The number of methoxy groups -OCH3 is 1. The van der Waals surface area contributed by atoms with Crippen LogP contribution in [-0.2, 0) is 22.1 Å². The molecule has 10 heteroatoms. The summed E-state index contributed by atoms with van der Waals surface area (Å²) in [5.41, 5.74) is -0.798. The van der Waals surface area contributed by atoms with Gasteiger partial charge in [-0.25, -0.2) is 14.8 Å². The number of likely N-dealkylation sites (tertiary alicyclic amines) is 1. The van der Waals surface area contributed by atoms with Crippen molar-refractivity contribution in [2.45, 2.75) is 44.8 Å². The third-order valence-corrected chi connectivity index (χ3v) is 4.05. The fraction of sp³-hybridized carbons (Fsp3) is 0.625. The van der Waals surface area contributed by atoms with E-state index in [0.29, 0.717) is 13.0 Å². The van der Waals surface area contributed by atoms with Gasteiger partial charge in [0, 0.05) is 25.2 Å². The molecule has 1 N–H and O–H groups in total. The third kappa shape index (κ3) is 5.06. The number of hydrogen-bond acceptors (Lipinski definition) is 5. The zero-order chi connectivity index (χ0) is 19.3. The average molecular weight is 374 g/mol. The zero-order valence-electron chi connectivity index (χ0n) is 14.6. The van der Waals surface area contributed by atoms with Gasteiger partial charge in [-0.2, -0.15) is 13.2 Å². The van der Waals surface area contributed by atoms with E-state index in [4.69, 9.17) is 0 Å². The molecule has 2 amide bonds. The Hall–Kier alpha value is -2.39. The highest BCUT2D eigenvalue weighted by molar-refractivity contribution is 5.85. The lowest BCUT2D eigenvalue weighted by molar-refractivity contribution is -0.141. The van der Waals surface area contributed by atoms with Crippen molar-refractivity contribution in [2.24, 2.45) is 0 Å². The molecule has 1 aromatic rings. The van der Waals surface area contributed by atoms with E-state index in [-0.39, 0.29) is 30.4 Å². The summed E-state index contributed by atoms with van der Waals surface area (Å²) >= 11 is 0. The second-order valence-electron chi connectivity index (χ2n) is 6.02. The van der Waals surface area contributed by atoms with Crippen LogP contribution in [0.1, 0.15) is 36.5 Å². The second kappa shape index (κ2) is 8.33. The molecule has 2 rings (SSSR count). The van der Waals surface area contributed by atoms with Gasteiger partial charge in [-0.05, 0) is 32.3 Å². The lowest BCUT2D eigenvalue weighted by Crippen LogP contribution is -2.52. The van der Waals surface area contributed by atoms with Crippen LogP contribution in [0, 0.1) is 6.92 Å². The first-order valence-corrected chi connectivity index (χ1v) is 8.26. The standard InChI is InChI=1S/C16H21F3N4O3/c1-10-9-12(16(17,18)19)22-13(21-10)6-7-20-14(24)11-5-3-4-8-23(11)15(25)26-2/h9,11H,3-8H2,1-2H3,(H,20,24). The van der Waals surface area contributed by atoms with E-state index in [2.05, 4.69) is 20.0 Å². The molecule has 0 bridgehead atoms. The summed E-state index contributed by atoms with van der Waals surface area (Å²) in [6, 6.07) is 0.235. The van der Waals surface area contributed by atoms with Crippen LogP contribution in [0.2, 0.25) is 0 Å². The Morgan fingerprint density at radius 3 is 2.73 bits per heavy atom. The van der Waals surface area contributed by atoms with Crippen molar-refractivity contribution in [1.82, 2.24) is 20.2 Å². The first-order chi connectivity index (χ1) is 12.2. The van der Waals surface area contributed by atoms with Crippen LogP contribution in [0.3, 0.4) is 0 Å². The summed E-state index contributed by atoms with van der Waals surface area (Å²) in [4.78, 5) is 32.9. The molecule has 1 aliphatic heterocycles. The van der Waals surface area contributed by atoms with Gasteiger partial charge in [-0.15, -0.1) is 0 Å². The maximum atomic E-state index is 12.8. The molecule has 1 aromatic heterocycles. The number of alkyl halides is 3. The van der Waals surface area contributed by atoms with Gasteiger partial charge >= 0.3 is 12.3 Å². The van der Waals surface area contributed by atoms with Crippen molar-refractivity contribution in [3.63, 3.8) is 0 Å². The molecule has 1 saturated heterocycles. The van der Waals surface area contributed by atoms with Crippen molar-refractivity contribution in [2.75, 3.05) is 20.2 Å². The monoisotopic (exact) mass is 374 g/mol. The number of hydrogen-bond donors (Lipinski definition) is 1. The number of piperidine rings is 1. The van der Waals surface area contributed by atoms with Gasteiger partial charge in [0.15, 0.2) is 0 Å². The summed E-state index contributed by atoms with van der Waals surface area (Å²) < 4.78 is 43.0. The maximum Gasteiger partial charge on any atom is 0.433 e. The van der Waals surface area contributed by atoms with E-state index in [1.807, 2.05) is 0 Å². The highest BCUT2D eigenvalue weighted by Gasteiger charge is 2.34. The van der Waals surface area contributed by atoms with Gasteiger partial charge in [-0.1, -0.05) is 0 Å². The molecule has 0 aromatic carbocycles. The van der Waals surface area contributed by atoms with Gasteiger partial charge in [0.05, 0.1) is 7.11 Å². The number of nitrogens with one attached hydrogen (secondary N) is 1. The van der Waals surface area contributed by atoms with Crippen LogP contribution in [0.4, 0.5) is 18.0 Å². The molecule has 1 unspecified atom stereocenters. The van der Waals surface area contributed by atoms with Crippen molar-refractivity contribution >= 4 is 12.0 Å². The van der Waals surface area contributed by atoms with E-state index in [1.165, 1.54) is 18.9 Å². The van der Waals surface area contributed by atoms with Crippen molar-refractivity contribution < 1.29 is 27.5 Å². The summed E-state index contributed by atoms with van der Waals surface area (Å²) in [7, 11) is 1.25. The summed E-state index contributed by atoms with van der Waals surface area (Å²) in [5, 5.41) is 2.64. The molecule has 1 aliphatic rings. The Kier molecular flexibility index (Phi) is 6.38. The van der Waals surface area contributed by atoms with Crippen molar-refractivity contribution in [1.29, 1.82) is 0 Å². The van der Waals surface area contributed by atoms with Gasteiger partial charge < -0.3 is 10.1 Å². The number of carbonyl (C=O) groups excluding carboxylic acids is 2. The lowest BCUT2D eigenvalue weighted by Gasteiger charge is -2.33. The highest BCUT2D eigenvalue weighted by atomic mass is 19.4. The Morgan fingerprint density at radius 1 is 1.35 bits per heavy atom. The summed E-state index contributed by atoms with van der Waals surface area (Å²) in [6.45, 7) is 1.96. The van der Waals surface area contributed by atoms with E-state index in [9.17, 15) is 22.8 Å². The largest absolute Gasteiger partial charge is 0.453 e. The Labute approximate surface area is 148 Å². The Balaban J connectivity index is 1.95. The predicted molar refractivity (Wildman–Crippen MR) is 85.2 cm³/mol. The number of ether oxygens (including phenoxy) is 1. The van der Waals surface area contributed by atoms with Crippen LogP contribution in [0.25, 0.3) is 0 Å². The fourth-order valence-electron chi connectivity index (χ4n) is 2.84. The van der Waals surface area contributed by atoms with Crippen LogP contribution >= 0.6 is 0 Å². The molecule has 0 spiro atoms. The number of halogens is 3. The van der Waals surface area contributed by atoms with E-state index in [0.717, 1.165) is 18.9 Å². The zero-order valence-corrected chi connectivity index (χ0v) is 14.6. The van der Waals surface area contributed by atoms with Gasteiger partial charge in [0.1, 0.15) is 17.6 Å². The van der Waals surface area contributed by atoms with E-state index in [1.54, 1.807) is 0 Å².